The molecule has 0 heterocycles. The topological polar surface area (TPSA) is 0 Å². The molecule has 0 spiro atoms. The second kappa shape index (κ2) is 2.12. The van der Waals surface area contributed by atoms with Gasteiger partial charge in [-0.05, 0) is 36.8 Å². The molecular weight excluding hydrogens is 120 g/mol. The first-order chi connectivity index (χ1) is 4.88. The van der Waals surface area contributed by atoms with Crippen LogP contribution in [0.4, 0.5) is 0 Å². The molecule has 0 heteroatoms. The lowest BCUT2D eigenvalue weighted by molar-refractivity contribution is 0.889. The second-order valence-electron chi connectivity index (χ2n) is 3.07. The molecular formula is C10H12. The van der Waals surface area contributed by atoms with E-state index in [2.05, 4.69) is 18.7 Å². The lowest BCUT2D eigenvalue weighted by Crippen LogP contribution is -1.90. The largest absolute Gasteiger partial charge is 0.0915 e. The third-order valence-corrected chi connectivity index (χ3v) is 2.40. The zero-order valence-corrected chi connectivity index (χ0v) is 6.19. The van der Waals surface area contributed by atoms with E-state index in [0.29, 0.717) is 0 Å². The van der Waals surface area contributed by atoms with E-state index in [-0.39, 0.29) is 0 Å². The van der Waals surface area contributed by atoms with Crippen LogP contribution < -0.4 is 0 Å². The Labute approximate surface area is 61.9 Å². The van der Waals surface area contributed by atoms with Crippen molar-refractivity contribution in [2.75, 3.05) is 0 Å². The fraction of sp³-hybridized carbons (Fsp3) is 0.400. The van der Waals surface area contributed by atoms with Crippen molar-refractivity contribution in [3.8, 4) is 0 Å². The first-order valence-corrected chi connectivity index (χ1v) is 3.94. The third-order valence-electron chi connectivity index (χ3n) is 2.40. The van der Waals surface area contributed by atoms with E-state index < -0.39 is 0 Å². The predicted octanol–water partition coefficient (Wildman–Crippen LogP) is 2.98. The van der Waals surface area contributed by atoms with Crippen molar-refractivity contribution in [2.45, 2.75) is 25.7 Å². The number of allylic oxidation sites excluding steroid dienone is 5. The molecule has 0 nitrogen and oxygen atoms in total. The second-order valence-corrected chi connectivity index (χ2v) is 3.07. The van der Waals surface area contributed by atoms with Gasteiger partial charge in [-0.3, -0.25) is 0 Å². The van der Waals surface area contributed by atoms with Gasteiger partial charge in [0, 0.05) is 0 Å². The van der Waals surface area contributed by atoms with Crippen molar-refractivity contribution in [3.05, 3.63) is 35.5 Å². The molecule has 2 aliphatic carbocycles. The van der Waals surface area contributed by atoms with Gasteiger partial charge >= 0.3 is 0 Å². The molecule has 0 saturated carbocycles. The summed E-state index contributed by atoms with van der Waals surface area (Å²) in [6, 6.07) is 0. The van der Waals surface area contributed by atoms with Crippen molar-refractivity contribution in [2.24, 2.45) is 0 Å². The highest BCUT2D eigenvalue weighted by Crippen LogP contribution is 2.35. The molecule has 10 heavy (non-hydrogen) atoms. The lowest BCUT2D eigenvalue weighted by Gasteiger charge is -2.09. The lowest BCUT2D eigenvalue weighted by atomic mass is 9.96. The molecule has 0 aromatic carbocycles. The minimum absolute atomic E-state index is 1.19. The molecule has 0 atom stereocenters. The maximum absolute atomic E-state index is 4.01. The molecule has 52 valence electrons. The molecule has 0 radical (unpaired) electrons. The van der Waals surface area contributed by atoms with Gasteiger partial charge in [0.1, 0.15) is 0 Å². The summed E-state index contributed by atoms with van der Waals surface area (Å²) in [5.74, 6) is 0. The highest BCUT2D eigenvalue weighted by Gasteiger charge is 2.16. The number of hydrogen-bond donors (Lipinski definition) is 0. The van der Waals surface area contributed by atoms with Crippen LogP contribution in [0, 0.1) is 0 Å². The first-order valence-electron chi connectivity index (χ1n) is 3.94. The maximum Gasteiger partial charge on any atom is -0.0129 e. The van der Waals surface area contributed by atoms with E-state index >= 15 is 0 Å². The van der Waals surface area contributed by atoms with Crippen LogP contribution >= 0.6 is 0 Å². The molecule has 0 aliphatic heterocycles. The van der Waals surface area contributed by atoms with Gasteiger partial charge in [-0.1, -0.05) is 24.3 Å². The first kappa shape index (κ1) is 5.96. The third kappa shape index (κ3) is 0.756. The van der Waals surface area contributed by atoms with Gasteiger partial charge < -0.3 is 0 Å². The minimum Gasteiger partial charge on any atom is -0.0915 e. The Morgan fingerprint density at radius 3 is 3.00 bits per heavy atom. The molecule has 0 aromatic heterocycles. The Bertz CT molecular complexity index is 228. The minimum atomic E-state index is 1.19. The summed E-state index contributed by atoms with van der Waals surface area (Å²) >= 11 is 0. The van der Waals surface area contributed by atoms with E-state index in [1.807, 2.05) is 0 Å². The Morgan fingerprint density at radius 2 is 2.20 bits per heavy atom. The summed E-state index contributed by atoms with van der Waals surface area (Å²) in [4.78, 5) is 0. The Kier molecular flexibility index (Phi) is 1.26. The smallest absolute Gasteiger partial charge is 0.0129 e. The van der Waals surface area contributed by atoms with E-state index in [4.69, 9.17) is 0 Å². The van der Waals surface area contributed by atoms with Gasteiger partial charge in [0.2, 0.25) is 0 Å². The predicted molar refractivity (Wildman–Crippen MR) is 43.8 cm³/mol. The molecule has 0 bridgehead atoms. The summed E-state index contributed by atoms with van der Waals surface area (Å²) < 4.78 is 0. The fourth-order valence-corrected chi connectivity index (χ4v) is 1.86. The molecule has 0 amide bonds. The van der Waals surface area contributed by atoms with E-state index in [9.17, 15) is 0 Å². The summed E-state index contributed by atoms with van der Waals surface area (Å²) in [7, 11) is 0. The maximum atomic E-state index is 4.01. The van der Waals surface area contributed by atoms with E-state index in [1.54, 1.807) is 11.1 Å². The SMILES string of the molecule is C=C1C=CCC2=C1CCC2. The fourth-order valence-electron chi connectivity index (χ4n) is 1.86. The van der Waals surface area contributed by atoms with Gasteiger partial charge in [0.05, 0.1) is 0 Å². The van der Waals surface area contributed by atoms with Gasteiger partial charge in [-0.2, -0.15) is 0 Å². The van der Waals surface area contributed by atoms with Crippen molar-refractivity contribution >= 4 is 0 Å². The monoisotopic (exact) mass is 132 g/mol. The zero-order chi connectivity index (χ0) is 6.97. The number of rotatable bonds is 0. The summed E-state index contributed by atoms with van der Waals surface area (Å²) in [6.45, 7) is 4.01. The molecule has 0 N–H and O–H groups in total. The summed E-state index contributed by atoms with van der Waals surface area (Å²) in [5.41, 5.74) is 4.47. The Balaban J connectivity index is 2.35. The zero-order valence-electron chi connectivity index (χ0n) is 6.19. The van der Waals surface area contributed by atoms with Crippen molar-refractivity contribution < 1.29 is 0 Å². The highest BCUT2D eigenvalue weighted by molar-refractivity contribution is 5.46. The van der Waals surface area contributed by atoms with Gasteiger partial charge in [0.25, 0.3) is 0 Å². The molecule has 2 aliphatic rings. The molecule has 0 aromatic rings. The van der Waals surface area contributed by atoms with Crippen LogP contribution in [0.2, 0.25) is 0 Å². The van der Waals surface area contributed by atoms with Crippen molar-refractivity contribution in [1.29, 1.82) is 0 Å². The van der Waals surface area contributed by atoms with Crippen molar-refractivity contribution in [1.82, 2.24) is 0 Å². The van der Waals surface area contributed by atoms with E-state index in [1.165, 1.54) is 31.3 Å². The quantitative estimate of drug-likeness (QED) is 0.475. The van der Waals surface area contributed by atoms with Gasteiger partial charge in [-0.15, -0.1) is 0 Å². The molecule has 2 rings (SSSR count). The molecule has 0 fully saturated rings. The Hall–Kier alpha value is -0.780. The molecule has 0 unspecified atom stereocenters. The van der Waals surface area contributed by atoms with Crippen LogP contribution in [-0.2, 0) is 0 Å². The van der Waals surface area contributed by atoms with Crippen molar-refractivity contribution in [3.63, 3.8) is 0 Å². The Morgan fingerprint density at radius 1 is 1.30 bits per heavy atom. The average Bonchev–Trinajstić information content (AvgIpc) is 2.36. The van der Waals surface area contributed by atoms with Gasteiger partial charge in [-0.25, -0.2) is 0 Å². The number of hydrogen-bond acceptors (Lipinski definition) is 0. The van der Waals surface area contributed by atoms with Gasteiger partial charge in [0.15, 0.2) is 0 Å². The standard InChI is InChI=1S/C10H12/c1-8-4-2-5-9-6-3-7-10(8)9/h2,4H,1,3,5-7H2. The van der Waals surface area contributed by atoms with Crippen LogP contribution in [0.3, 0.4) is 0 Å². The van der Waals surface area contributed by atoms with Crippen LogP contribution in [-0.4, -0.2) is 0 Å². The summed E-state index contributed by atoms with van der Waals surface area (Å²) in [6.07, 6.45) is 9.52. The van der Waals surface area contributed by atoms with Crippen LogP contribution in [0.25, 0.3) is 0 Å². The average molecular weight is 132 g/mol. The molecule has 0 saturated heterocycles. The normalized spacial score (nSPS) is 23.8. The van der Waals surface area contributed by atoms with E-state index in [0.717, 1.165) is 0 Å². The highest BCUT2D eigenvalue weighted by atomic mass is 14.2. The summed E-state index contributed by atoms with van der Waals surface area (Å²) in [5, 5.41) is 0. The van der Waals surface area contributed by atoms with Crippen LogP contribution in [0.5, 0.6) is 0 Å². The van der Waals surface area contributed by atoms with Crippen LogP contribution in [0.15, 0.2) is 35.5 Å². The van der Waals surface area contributed by atoms with Crippen LogP contribution in [0.1, 0.15) is 25.7 Å².